The highest BCUT2D eigenvalue weighted by molar-refractivity contribution is 6.31. The third kappa shape index (κ3) is 5.30. The summed E-state index contributed by atoms with van der Waals surface area (Å²) < 4.78 is 37.7. The van der Waals surface area contributed by atoms with E-state index in [-0.39, 0.29) is 38.4 Å². The van der Waals surface area contributed by atoms with Crippen molar-refractivity contribution in [2.24, 2.45) is 11.3 Å². The van der Waals surface area contributed by atoms with Gasteiger partial charge in [-0.05, 0) is 53.6 Å². The molecule has 2 aliphatic heterocycles. The molecular weight excluding hydrogens is 635 g/mol. The van der Waals surface area contributed by atoms with E-state index < -0.39 is 58.5 Å². The Morgan fingerprint density at radius 3 is 2.39 bits per heavy atom. The minimum Gasteiger partial charge on any atom is -0.496 e. The van der Waals surface area contributed by atoms with Gasteiger partial charge in [0.05, 0.1) is 24.4 Å². The van der Waals surface area contributed by atoms with Gasteiger partial charge in [-0.25, -0.2) is 13.6 Å². The standard InChI is InChI=1S/C35H35Cl2F2N3O4/c1-18(2)31-41(20-11-12-21(33(44)45)26(15-20)46-6)32(43)30-28(22-8-7-9-24(37)29(22)39)35(17-40,23-13-10-19(36)14-25(23)38)27(42(30)31)16-34(3,4)5/h7-15,18,27-28,30-31H,16H2,1-6H3,(H,44,45)/t27-,28-,30+,31+,35-/m0/s1. The maximum atomic E-state index is 16.2. The lowest BCUT2D eigenvalue weighted by Gasteiger charge is -2.43. The monoisotopic (exact) mass is 669 g/mol. The lowest BCUT2D eigenvalue weighted by Crippen LogP contribution is -2.53. The first-order valence-electron chi connectivity index (χ1n) is 14.9. The number of rotatable bonds is 7. The molecular formula is C35H35Cl2F2N3O4. The van der Waals surface area contributed by atoms with Gasteiger partial charge in [-0.15, -0.1) is 0 Å². The van der Waals surface area contributed by atoms with Gasteiger partial charge in [-0.2, -0.15) is 5.26 Å². The molecule has 3 aromatic rings. The first-order chi connectivity index (χ1) is 21.6. The van der Waals surface area contributed by atoms with E-state index in [2.05, 4.69) is 6.07 Å². The lowest BCUT2D eigenvalue weighted by atomic mass is 9.62. The molecule has 0 aliphatic carbocycles. The van der Waals surface area contributed by atoms with Crippen LogP contribution in [0, 0.1) is 34.3 Å². The summed E-state index contributed by atoms with van der Waals surface area (Å²) in [6.07, 6.45) is -0.343. The number of carbonyl (C=O) groups excluding carboxylic acids is 1. The van der Waals surface area contributed by atoms with Gasteiger partial charge in [0.25, 0.3) is 0 Å². The number of aromatic carboxylic acids is 1. The molecule has 0 bridgehead atoms. The first kappa shape index (κ1) is 33.6. The molecule has 1 amide bonds. The number of hydrogen-bond donors (Lipinski definition) is 1. The number of carboxylic acid groups (broad SMARTS) is 1. The number of amides is 1. The summed E-state index contributed by atoms with van der Waals surface area (Å²) >= 11 is 12.5. The Morgan fingerprint density at radius 1 is 1.13 bits per heavy atom. The van der Waals surface area contributed by atoms with Crippen LogP contribution in [0.2, 0.25) is 10.0 Å². The number of anilines is 1. The highest BCUT2D eigenvalue weighted by Crippen LogP contribution is 2.60. The summed E-state index contributed by atoms with van der Waals surface area (Å²) in [6, 6.07) is 13.4. The van der Waals surface area contributed by atoms with E-state index in [1.165, 1.54) is 49.6 Å². The van der Waals surface area contributed by atoms with Crippen LogP contribution in [0.1, 0.15) is 68.4 Å². The van der Waals surface area contributed by atoms with Gasteiger partial charge in [0.2, 0.25) is 5.91 Å². The molecule has 2 heterocycles. The normalized spacial score (nSPS) is 24.7. The fourth-order valence-electron chi connectivity index (χ4n) is 7.41. The number of nitrogens with zero attached hydrogens (tertiary/aromatic N) is 3. The summed E-state index contributed by atoms with van der Waals surface area (Å²) in [7, 11) is 1.34. The molecule has 0 saturated carbocycles. The van der Waals surface area contributed by atoms with E-state index in [0.717, 1.165) is 6.07 Å². The first-order valence-corrected chi connectivity index (χ1v) is 15.7. The molecule has 2 fully saturated rings. The Morgan fingerprint density at radius 2 is 1.83 bits per heavy atom. The Balaban J connectivity index is 1.86. The molecule has 2 aliphatic rings. The van der Waals surface area contributed by atoms with Crippen LogP contribution >= 0.6 is 23.2 Å². The van der Waals surface area contributed by atoms with Gasteiger partial charge in [-0.1, -0.05) is 76.0 Å². The van der Waals surface area contributed by atoms with Crippen molar-refractivity contribution in [3.63, 3.8) is 0 Å². The zero-order chi connectivity index (χ0) is 33.9. The highest BCUT2D eigenvalue weighted by Gasteiger charge is 2.70. The van der Waals surface area contributed by atoms with Crippen LogP contribution in [0.3, 0.4) is 0 Å². The number of methoxy groups -OCH3 is 1. The molecule has 0 unspecified atom stereocenters. The van der Waals surface area contributed by atoms with Gasteiger partial charge < -0.3 is 9.84 Å². The van der Waals surface area contributed by atoms with E-state index in [1.807, 2.05) is 39.5 Å². The largest absolute Gasteiger partial charge is 0.496 e. The molecule has 5 atom stereocenters. The van der Waals surface area contributed by atoms with Crippen LogP contribution in [0.4, 0.5) is 14.5 Å². The summed E-state index contributed by atoms with van der Waals surface area (Å²) in [5.74, 6) is -4.54. The summed E-state index contributed by atoms with van der Waals surface area (Å²) in [5.41, 5.74) is -1.84. The van der Waals surface area contributed by atoms with Crippen molar-refractivity contribution in [1.82, 2.24) is 4.90 Å². The van der Waals surface area contributed by atoms with Crippen LogP contribution in [-0.4, -0.2) is 47.2 Å². The van der Waals surface area contributed by atoms with E-state index in [0.29, 0.717) is 12.1 Å². The van der Waals surface area contributed by atoms with Crippen molar-refractivity contribution < 1.29 is 28.2 Å². The fourth-order valence-corrected chi connectivity index (χ4v) is 7.75. The molecule has 0 radical (unpaired) electrons. The van der Waals surface area contributed by atoms with E-state index in [4.69, 9.17) is 27.9 Å². The van der Waals surface area contributed by atoms with Crippen molar-refractivity contribution in [2.45, 2.75) is 70.6 Å². The van der Waals surface area contributed by atoms with E-state index >= 15 is 8.78 Å². The number of halogens is 4. The molecule has 2 saturated heterocycles. The maximum absolute atomic E-state index is 16.2. The minimum absolute atomic E-state index is 0.0155. The second kappa shape index (κ2) is 12.1. The van der Waals surface area contributed by atoms with Crippen molar-refractivity contribution >= 4 is 40.8 Å². The van der Waals surface area contributed by atoms with Crippen LogP contribution in [0.25, 0.3) is 0 Å². The molecule has 5 rings (SSSR count). The Kier molecular flexibility index (Phi) is 8.88. The van der Waals surface area contributed by atoms with Crippen LogP contribution < -0.4 is 9.64 Å². The predicted octanol–water partition coefficient (Wildman–Crippen LogP) is 8.04. The maximum Gasteiger partial charge on any atom is 0.339 e. The lowest BCUT2D eigenvalue weighted by molar-refractivity contribution is -0.119. The number of nitriles is 1. The van der Waals surface area contributed by atoms with Crippen LogP contribution in [0.15, 0.2) is 54.6 Å². The Labute approximate surface area is 277 Å². The Bertz CT molecular complexity index is 1750. The SMILES string of the molecule is COc1cc(N2C(=O)[C@H]3[C@H](c4cccc(Cl)c4F)[C@@](C#N)(c4ccc(Cl)cc4F)[C@H](CC(C)(C)C)N3[C@@H]2C(C)C)ccc1C(=O)O. The zero-order valence-corrected chi connectivity index (χ0v) is 27.8. The number of carbonyl (C=O) groups is 2. The van der Waals surface area contributed by atoms with Gasteiger partial charge in [0.1, 0.15) is 34.4 Å². The number of ether oxygens (including phenoxy) is 1. The smallest absolute Gasteiger partial charge is 0.339 e. The Hall–Kier alpha value is -3.71. The molecule has 0 aromatic heterocycles. The van der Waals surface area contributed by atoms with Crippen molar-refractivity contribution in [1.29, 1.82) is 5.26 Å². The average molecular weight is 671 g/mol. The van der Waals surface area contributed by atoms with Gasteiger partial charge >= 0.3 is 5.97 Å². The van der Waals surface area contributed by atoms with E-state index in [1.54, 1.807) is 11.0 Å². The average Bonchev–Trinajstić information content (AvgIpc) is 3.42. The summed E-state index contributed by atoms with van der Waals surface area (Å²) in [5, 5.41) is 20.9. The van der Waals surface area contributed by atoms with Gasteiger partial charge in [0.15, 0.2) is 0 Å². The quantitative estimate of drug-likeness (QED) is 0.274. The summed E-state index contributed by atoms with van der Waals surface area (Å²) in [4.78, 5) is 30.3. The summed E-state index contributed by atoms with van der Waals surface area (Å²) in [6.45, 7) is 9.82. The van der Waals surface area contributed by atoms with Crippen molar-refractivity contribution in [2.75, 3.05) is 12.0 Å². The molecule has 1 N–H and O–H groups in total. The second-order valence-corrected chi connectivity index (χ2v) is 14.3. The fraction of sp³-hybridized carbons (Fsp3) is 0.400. The van der Waals surface area contributed by atoms with Crippen LogP contribution in [0.5, 0.6) is 5.75 Å². The number of benzene rings is 3. The number of hydrogen-bond acceptors (Lipinski definition) is 5. The third-order valence-electron chi connectivity index (χ3n) is 9.05. The molecule has 242 valence electrons. The molecule has 0 spiro atoms. The predicted molar refractivity (Wildman–Crippen MR) is 172 cm³/mol. The van der Waals surface area contributed by atoms with Gasteiger partial charge in [-0.3, -0.25) is 14.6 Å². The van der Waals surface area contributed by atoms with Crippen molar-refractivity contribution in [3.05, 3.63) is 93.0 Å². The third-order valence-corrected chi connectivity index (χ3v) is 9.57. The molecule has 11 heteroatoms. The molecule has 3 aromatic carbocycles. The number of carboxylic acids is 1. The molecule has 46 heavy (non-hydrogen) atoms. The second-order valence-electron chi connectivity index (χ2n) is 13.5. The van der Waals surface area contributed by atoms with Crippen LogP contribution in [-0.2, 0) is 10.2 Å². The molecule has 7 nitrogen and oxygen atoms in total. The topological polar surface area (TPSA) is 93.9 Å². The highest BCUT2D eigenvalue weighted by atomic mass is 35.5. The zero-order valence-electron chi connectivity index (χ0n) is 26.3. The van der Waals surface area contributed by atoms with E-state index in [9.17, 15) is 20.0 Å². The minimum atomic E-state index is -1.75. The van der Waals surface area contributed by atoms with Crippen molar-refractivity contribution in [3.8, 4) is 11.8 Å². The van der Waals surface area contributed by atoms with Gasteiger partial charge in [0, 0.05) is 34.3 Å². The number of fused-ring (bicyclic) bond motifs is 1.